The zero-order valence-corrected chi connectivity index (χ0v) is 16.7. The van der Waals surface area contributed by atoms with Crippen LogP contribution in [0.5, 0.6) is 0 Å². The van der Waals surface area contributed by atoms with Crippen molar-refractivity contribution in [2.24, 2.45) is 0 Å². The van der Waals surface area contributed by atoms with Crippen LogP contribution < -0.4 is 0 Å². The van der Waals surface area contributed by atoms with Gasteiger partial charge in [-0.1, -0.05) is 48.5 Å². The molecule has 0 unspecified atom stereocenters. The molecule has 3 nitrogen and oxygen atoms in total. The lowest BCUT2D eigenvalue weighted by Gasteiger charge is -2.22. The molecule has 0 amide bonds. The highest BCUT2D eigenvalue weighted by Crippen LogP contribution is 2.19. The van der Waals surface area contributed by atoms with Crippen LogP contribution in [0.3, 0.4) is 0 Å². The molecule has 25 heavy (non-hydrogen) atoms. The molecule has 2 rings (SSSR count). The van der Waals surface area contributed by atoms with Crippen molar-refractivity contribution in [2.45, 2.75) is 32.6 Å². The van der Waals surface area contributed by atoms with Crippen LogP contribution in [0, 0.1) is 0 Å². The summed E-state index contributed by atoms with van der Waals surface area (Å²) in [5.74, 6) is 0. The van der Waals surface area contributed by atoms with Crippen molar-refractivity contribution in [3.63, 3.8) is 0 Å². The molecule has 0 aromatic heterocycles. The molecule has 0 saturated heterocycles. The summed E-state index contributed by atoms with van der Waals surface area (Å²) in [7, 11) is 10.7. The van der Waals surface area contributed by atoms with Gasteiger partial charge in [0.05, 0.1) is 0 Å². The molecule has 136 valence electrons. The summed E-state index contributed by atoms with van der Waals surface area (Å²) in [4.78, 5) is 6.85. The molecule has 0 aliphatic rings. The first-order valence-electron chi connectivity index (χ1n) is 9.02. The number of hydrogen-bond acceptors (Lipinski definition) is 3. The van der Waals surface area contributed by atoms with E-state index in [4.69, 9.17) is 0 Å². The Labute approximate surface area is 153 Å². The molecule has 0 saturated carbocycles. The van der Waals surface area contributed by atoms with Crippen molar-refractivity contribution in [1.82, 2.24) is 14.7 Å². The van der Waals surface area contributed by atoms with Crippen molar-refractivity contribution in [3.05, 3.63) is 70.8 Å². The average Bonchev–Trinajstić information content (AvgIpc) is 2.56. The second kappa shape index (κ2) is 9.14. The van der Waals surface area contributed by atoms with Crippen molar-refractivity contribution in [2.75, 3.05) is 35.2 Å². The number of hydrogen-bond donors (Lipinski definition) is 0. The molecule has 3 heteroatoms. The maximum absolute atomic E-state index is 2.39. The number of rotatable bonds is 8. The molecular weight excluding hydrogens is 306 g/mol. The largest absolute Gasteiger partial charge is 0.305 e. The Morgan fingerprint density at radius 1 is 0.720 bits per heavy atom. The van der Waals surface area contributed by atoms with Gasteiger partial charge in [-0.05, 0) is 64.4 Å². The normalized spacial score (nSPS) is 13.0. The third kappa shape index (κ3) is 5.96. The summed E-state index contributed by atoms with van der Waals surface area (Å²) < 4.78 is 0. The first kappa shape index (κ1) is 19.6. The van der Waals surface area contributed by atoms with Crippen LogP contribution in [0.1, 0.15) is 35.2 Å². The van der Waals surface area contributed by atoms with Crippen LogP contribution >= 0.6 is 0 Å². The fourth-order valence-electron chi connectivity index (χ4n) is 3.06. The monoisotopic (exact) mass is 339 g/mol. The van der Waals surface area contributed by atoms with Gasteiger partial charge in [0.1, 0.15) is 0 Å². The maximum atomic E-state index is 2.39. The van der Waals surface area contributed by atoms with Crippen LogP contribution in [0.4, 0.5) is 0 Å². The first-order chi connectivity index (χ1) is 11.9. The summed E-state index contributed by atoms with van der Waals surface area (Å²) in [6, 6.07) is 18.2. The highest BCUT2D eigenvalue weighted by molar-refractivity contribution is 5.28. The van der Waals surface area contributed by atoms with Gasteiger partial charge in [-0.25, -0.2) is 0 Å². The lowest BCUT2D eigenvalue weighted by atomic mass is 10.0. The second-order valence-electron chi connectivity index (χ2n) is 7.56. The molecule has 0 aliphatic heterocycles. The Hall–Kier alpha value is -1.68. The predicted molar refractivity (Wildman–Crippen MR) is 108 cm³/mol. The molecule has 0 radical (unpaired) electrons. The van der Waals surface area contributed by atoms with Crippen LogP contribution in [-0.4, -0.2) is 49.9 Å². The van der Waals surface area contributed by atoms with Crippen LogP contribution in [0.2, 0.25) is 0 Å². The van der Waals surface area contributed by atoms with Gasteiger partial charge in [-0.2, -0.15) is 0 Å². The van der Waals surface area contributed by atoms with Gasteiger partial charge < -0.3 is 9.80 Å². The molecule has 0 fully saturated rings. The summed E-state index contributed by atoms with van der Waals surface area (Å²) in [5, 5.41) is 0. The third-order valence-corrected chi connectivity index (χ3v) is 4.73. The lowest BCUT2D eigenvalue weighted by molar-refractivity contribution is 0.313. The van der Waals surface area contributed by atoms with E-state index in [0.29, 0.717) is 6.04 Å². The fourth-order valence-corrected chi connectivity index (χ4v) is 3.06. The van der Waals surface area contributed by atoms with Gasteiger partial charge >= 0.3 is 0 Å². The standard InChI is InChI=1S/C22H33N3/c1-18(24(4)5)20-13-11-19(12-14-20)15-25(6)17-22-10-8-7-9-21(22)16-23(2)3/h7-14,18H,15-17H2,1-6H3/t18-/m0/s1. The molecule has 0 N–H and O–H groups in total. The van der Waals surface area contributed by atoms with Gasteiger partial charge in [0, 0.05) is 25.7 Å². The van der Waals surface area contributed by atoms with Crippen molar-refractivity contribution in [1.29, 1.82) is 0 Å². The van der Waals surface area contributed by atoms with E-state index < -0.39 is 0 Å². The smallest absolute Gasteiger partial charge is 0.0313 e. The molecule has 2 aromatic rings. The van der Waals surface area contributed by atoms with Gasteiger partial charge in [0.25, 0.3) is 0 Å². The van der Waals surface area contributed by atoms with E-state index in [9.17, 15) is 0 Å². The number of benzene rings is 2. The summed E-state index contributed by atoms with van der Waals surface area (Å²) in [5.41, 5.74) is 5.56. The lowest BCUT2D eigenvalue weighted by Crippen LogP contribution is -2.20. The van der Waals surface area contributed by atoms with E-state index in [-0.39, 0.29) is 0 Å². The van der Waals surface area contributed by atoms with Gasteiger partial charge in [0.15, 0.2) is 0 Å². The molecule has 2 aromatic carbocycles. The summed E-state index contributed by atoms with van der Waals surface area (Å²) in [6.45, 7) is 5.16. The Balaban J connectivity index is 2.00. The van der Waals surface area contributed by atoms with Crippen molar-refractivity contribution >= 4 is 0 Å². The molecule has 0 heterocycles. The van der Waals surface area contributed by atoms with Crippen molar-refractivity contribution < 1.29 is 0 Å². The van der Waals surface area contributed by atoms with E-state index in [0.717, 1.165) is 19.6 Å². The molecule has 0 aliphatic carbocycles. The summed E-state index contributed by atoms with van der Waals surface area (Å²) in [6.07, 6.45) is 0. The van der Waals surface area contributed by atoms with E-state index in [2.05, 4.69) is 105 Å². The van der Waals surface area contributed by atoms with Crippen LogP contribution in [0.15, 0.2) is 48.5 Å². The van der Waals surface area contributed by atoms with E-state index in [1.165, 1.54) is 22.3 Å². The SMILES string of the molecule is C[C@@H](c1ccc(CN(C)Cc2ccccc2CN(C)C)cc1)N(C)C. The fraction of sp³-hybridized carbons (Fsp3) is 0.455. The van der Waals surface area contributed by atoms with Crippen molar-refractivity contribution in [3.8, 4) is 0 Å². The average molecular weight is 340 g/mol. The molecule has 0 bridgehead atoms. The number of nitrogens with zero attached hydrogens (tertiary/aromatic N) is 3. The van der Waals surface area contributed by atoms with Crippen LogP contribution in [-0.2, 0) is 19.6 Å². The highest BCUT2D eigenvalue weighted by Gasteiger charge is 2.09. The Morgan fingerprint density at radius 3 is 1.80 bits per heavy atom. The Kier molecular flexibility index (Phi) is 7.18. The van der Waals surface area contributed by atoms with Crippen LogP contribution in [0.25, 0.3) is 0 Å². The van der Waals surface area contributed by atoms with Gasteiger partial charge in [-0.15, -0.1) is 0 Å². The topological polar surface area (TPSA) is 9.72 Å². The zero-order chi connectivity index (χ0) is 18.4. The van der Waals surface area contributed by atoms with E-state index >= 15 is 0 Å². The molecule has 1 atom stereocenters. The summed E-state index contributed by atoms with van der Waals surface area (Å²) >= 11 is 0. The van der Waals surface area contributed by atoms with Gasteiger partial charge in [0.2, 0.25) is 0 Å². The minimum absolute atomic E-state index is 0.449. The van der Waals surface area contributed by atoms with E-state index in [1.807, 2.05) is 0 Å². The second-order valence-corrected chi connectivity index (χ2v) is 7.56. The Morgan fingerprint density at radius 2 is 1.28 bits per heavy atom. The van der Waals surface area contributed by atoms with E-state index in [1.54, 1.807) is 0 Å². The zero-order valence-electron chi connectivity index (χ0n) is 16.7. The minimum atomic E-state index is 0.449. The Bertz CT molecular complexity index is 647. The highest BCUT2D eigenvalue weighted by atomic mass is 15.1. The minimum Gasteiger partial charge on any atom is -0.305 e. The predicted octanol–water partition coefficient (Wildman–Crippen LogP) is 4.00. The first-order valence-corrected chi connectivity index (χ1v) is 9.02. The molecule has 0 spiro atoms. The third-order valence-electron chi connectivity index (χ3n) is 4.73. The molecular formula is C22H33N3. The maximum Gasteiger partial charge on any atom is 0.0313 e. The van der Waals surface area contributed by atoms with Gasteiger partial charge in [-0.3, -0.25) is 4.90 Å². The quantitative estimate of drug-likeness (QED) is 0.720.